The van der Waals surface area contributed by atoms with Crippen LogP contribution in [-0.2, 0) is 16.6 Å². The van der Waals surface area contributed by atoms with Crippen molar-refractivity contribution in [2.75, 3.05) is 6.54 Å². The van der Waals surface area contributed by atoms with Crippen LogP contribution in [0.4, 0.5) is 0 Å². The molecule has 0 radical (unpaired) electrons. The van der Waals surface area contributed by atoms with E-state index in [1.54, 1.807) is 6.07 Å². The van der Waals surface area contributed by atoms with Crippen LogP contribution in [0, 0.1) is 5.92 Å². The molecule has 1 unspecified atom stereocenters. The zero-order valence-electron chi connectivity index (χ0n) is 19.1. The molecule has 32 heavy (non-hydrogen) atoms. The average molecular weight is 441 g/mol. The number of amides is 1. The monoisotopic (exact) mass is 440 g/mol. The van der Waals surface area contributed by atoms with E-state index in [-0.39, 0.29) is 18.2 Å². The summed E-state index contributed by atoms with van der Waals surface area (Å²) >= 11 is 0. The number of aliphatic carboxylic acids is 1. The standard InChI is InChI=1S/C26H36N2O4/c1-2-15-26(25(30)31,24-28-17-18-32-24)19-21-13-6-7-14-22(21)23(29)27-16-9-8-12-20-10-4-3-5-11-20/h6-7,13-14,17-18,20H,2-5,8-12,15-16,19H2,1H3,(H,27,29)(H,30,31). The van der Waals surface area contributed by atoms with Crippen molar-refractivity contribution in [1.29, 1.82) is 0 Å². The van der Waals surface area contributed by atoms with Crippen LogP contribution in [0.3, 0.4) is 0 Å². The van der Waals surface area contributed by atoms with Crippen molar-refractivity contribution in [3.63, 3.8) is 0 Å². The smallest absolute Gasteiger partial charge is 0.319 e. The van der Waals surface area contributed by atoms with Gasteiger partial charge in [-0.1, -0.05) is 76.5 Å². The SMILES string of the molecule is CCCC(Cc1ccccc1C(=O)NCCCCC1CCCCC1)(C(=O)O)c1ncco1. The van der Waals surface area contributed by atoms with Crippen molar-refractivity contribution in [2.24, 2.45) is 5.92 Å². The molecule has 0 saturated heterocycles. The molecular weight excluding hydrogens is 404 g/mol. The van der Waals surface area contributed by atoms with Crippen LogP contribution in [0.15, 0.2) is 41.1 Å². The topological polar surface area (TPSA) is 92.4 Å². The van der Waals surface area contributed by atoms with E-state index < -0.39 is 11.4 Å². The number of carboxylic acid groups (broad SMARTS) is 1. The third-order valence-corrected chi connectivity index (χ3v) is 6.73. The second kappa shape index (κ2) is 11.8. The lowest BCUT2D eigenvalue weighted by Crippen LogP contribution is -2.39. The van der Waals surface area contributed by atoms with E-state index in [4.69, 9.17) is 4.42 Å². The van der Waals surface area contributed by atoms with E-state index >= 15 is 0 Å². The third kappa shape index (κ3) is 5.99. The highest BCUT2D eigenvalue weighted by Crippen LogP contribution is 2.34. The summed E-state index contributed by atoms with van der Waals surface area (Å²) in [4.78, 5) is 29.5. The molecule has 1 fully saturated rings. The molecular formula is C26H36N2O4. The van der Waals surface area contributed by atoms with Crippen LogP contribution in [0.25, 0.3) is 0 Å². The van der Waals surface area contributed by atoms with Gasteiger partial charge in [0.05, 0.1) is 6.20 Å². The normalized spacial score (nSPS) is 16.4. The highest BCUT2D eigenvalue weighted by Gasteiger charge is 2.44. The molecule has 2 aromatic rings. The third-order valence-electron chi connectivity index (χ3n) is 6.73. The number of nitrogens with zero attached hydrogens (tertiary/aromatic N) is 1. The number of carboxylic acids is 1. The largest absolute Gasteiger partial charge is 0.480 e. The number of hydrogen-bond acceptors (Lipinski definition) is 4. The van der Waals surface area contributed by atoms with E-state index in [1.807, 2.05) is 25.1 Å². The molecule has 0 bridgehead atoms. The van der Waals surface area contributed by atoms with Gasteiger partial charge in [-0.3, -0.25) is 9.59 Å². The molecule has 1 amide bonds. The first kappa shape index (κ1) is 24.0. The Labute approximate surface area is 190 Å². The van der Waals surface area contributed by atoms with Gasteiger partial charge in [0.15, 0.2) is 0 Å². The number of unbranched alkanes of at least 4 members (excludes halogenated alkanes) is 1. The van der Waals surface area contributed by atoms with Gasteiger partial charge in [-0.15, -0.1) is 0 Å². The number of carbonyl (C=O) groups excluding carboxylic acids is 1. The summed E-state index contributed by atoms with van der Waals surface area (Å²) in [6.45, 7) is 2.57. The fourth-order valence-electron chi connectivity index (χ4n) is 4.98. The number of aromatic nitrogens is 1. The van der Waals surface area contributed by atoms with Crippen LogP contribution in [-0.4, -0.2) is 28.5 Å². The Hall–Kier alpha value is -2.63. The van der Waals surface area contributed by atoms with Gasteiger partial charge in [0.25, 0.3) is 5.91 Å². The lowest BCUT2D eigenvalue weighted by molar-refractivity contribution is -0.145. The minimum absolute atomic E-state index is 0.151. The Morgan fingerprint density at radius 1 is 1.19 bits per heavy atom. The van der Waals surface area contributed by atoms with E-state index in [1.165, 1.54) is 51.0 Å². The van der Waals surface area contributed by atoms with Gasteiger partial charge in [-0.25, -0.2) is 4.98 Å². The van der Waals surface area contributed by atoms with E-state index in [0.717, 1.165) is 18.8 Å². The van der Waals surface area contributed by atoms with Crippen molar-refractivity contribution in [3.05, 3.63) is 53.7 Å². The van der Waals surface area contributed by atoms with Gasteiger partial charge in [0, 0.05) is 12.1 Å². The summed E-state index contributed by atoms with van der Waals surface area (Å²) in [6, 6.07) is 7.24. The molecule has 1 aromatic heterocycles. The molecule has 1 aliphatic rings. The van der Waals surface area contributed by atoms with Crippen molar-refractivity contribution >= 4 is 11.9 Å². The van der Waals surface area contributed by atoms with Gasteiger partial charge >= 0.3 is 5.97 Å². The molecule has 1 aromatic carbocycles. The lowest BCUT2D eigenvalue weighted by atomic mass is 9.76. The maximum atomic E-state index is 12.9. The molecule has 0 spiro atoms. The molecule has 2 N–H and O–H groups in total. The molecule has 1 heterocycles. The first-order valence-corrected chi connectivity index (χ1v) is 12.1. The van der Waals surface area contributed by atoms with Gasteiger partial charge in [-0.05, 0) is 36.8 Å². The molecule has 6 heteroatoms. The summed E-state index contributed by atoms with van der Waals surface area (Å²) in [6.07, 6.45) is 14.2. The predicted molar refractivity (Wildman–Crippen MR) is 124 cm³/mol. The molecule has 1 saturated carbocycles. The number of oxazole rings is 1. The molecule has 174 valence electrons. The first-order valence-electron chi connectivity index (χ1n) is 12.1. The van der Waals surface area contributed by atoms with E-state index in [0.29, 0.717) is 30.5 Å². The quantitative estimate of drug-likeness (QED) is 0.424. The summed E-state index contributed by atoms with van der Waals surface area (Å²) in [5.74, 6) is -0.0935. The summed E-state index contributed by atoms with van der Waals surface area (Å²) in [5.41, 5.74) is -0.0800. The minimum atomic E-state index is -1.30. The number of rotatable bonds is 12. The highest BCUT2D eigenvalue weighted by molar-refractivity contribution is 5.96. The maximum absolute atomic E-state index is 12.9. The predicted octanol–water partition coefficient (Wildman–Crippen LogP) is 5.52. The Morgan fingerprint density at radius 3 is 2.66 bits per heavy atom. The van der Waals surface area contributed by atoms with Gasteiger partial charge in [0.1, 0.15) is 11.7 Å². The minimum Gasteiger partial charge on any atom is -0.480 e. The highest BCUT2D eigenvalue weighted by atomic mass is 16.4. The number of nitrogens with one attached hydrogen (secondary N) is 1. The van der Waals surface area contributed by atoms with Crippen LogP contribution in [0.5, 0.6) is 0 Å². The number of benzene rings is 1. The zero-order chi connectivity index (χ0) is 22.8. The van der Waals surface area contributed by atoms with Gasteiger partial charge < -0.3 is 14.8 Å². The van der Waals surface area contributed by atoms with E-state index in [9.17, 15) is 14.7 Å². The second-order valence-corrected chi connectivity index (χ2v) is 9.06. The Balaban J connectivity index is 1.63. The Kier molecular flexibility index (Phi) is 8.89. The Bertz CT molecular complexity index is 858. The van der Waals surface area contributed by atoms with Crippen LogP contribution >= 0.6 is 0 Å². The number of hydrogen-bond donors (Lipinski definition) is 2. The van der Waals surface area contributed by atoms with Gasteiger partial charge in [-0.2, -0.15) is 0 Å². The van der Waals surface area contributed by atoms with Crippen LogP contribution in [0.1, 0.15) is 92.9 Å². The summed E-state index contributed by atoms with van der Waals surface area (Å²) in [7, 11) is 0. The lowest BCUT2D eigenvalue weighted by Gasteiger charge is -2.27. The molecule has 1 aliphatic carbocycles. The van der Waals surface area contributed by atoms with Crippen LogP contribution < -0.4 is 5.32 Å². The molecule has 0 aliphatic heterocycles. The summed E-state index contributed by atoms with van der Waals surface area (Å²) < 4.78 is 5.43. The van der Waals surface area contributed by atoms with Crippen molar-refractivity contribution < 1.29 is 19.1 Å². The zero-order valence-corrected chi connectivity index (χ0v) is 19.1. The average Bonchev–Trinajstić information content (AvgIpc) is 3.35. The summed E-state index contributed by atoms with van der Waals surface area (Å²) in [5, 5.41) is 13.2. The van der Waals surface area contributed by atoms with Crippen molar-refractivity contribution in [2.45, 2.75) is 83.0 Å². The van der Waals surface area contributed by atoms with E-state index in [2.05, 4.69) is 10.3 Å². The first-order chi connectivity index (χ1) is 15.6. The number of carbonyl (C=O) groups is 2. The Morgan fingerprint density at radius 2 is 1.97 bits per heavy atom. The van der Waals surface area contributed by atoms with Crippen LogP contribution in [0.2, 0.25) is 0 Å². The van der Waals surface area contributed by atoms with Crippen molar-refractivity contribution in [1.82, 2.24) is 10.3 Å². The fraction of sp³-hybridized carbons (Fsp3) is 0.577. The molecule has 1 atom stereocenters. The molecule has 3 rings (SSSR count). The molecule has 6 nitrogen and oxygen atoms in total. The van der Waals surface area contributed by atoms with Crippen molar-refractivity contribution in [3.8, 4) is 0 Å². The maximum Gasteiger partial charge on any atom is 0.319 e. The van der Waals surface area contributed by atoms with Gasteiger partial charge in [0.2, 0.25) is 5.89 Å². The second-order valence-electron chi connectivity index (χ2n) is 9.06. The fourth-order valence-corrected chi connectivity index (χ4v) is 4.98.